The topological polar surface area (TPSA) is 29.0 Å². The van der Waals surface area contributed by atoms with Gasteiger partial charge in [0.25, 0.3) is 0 Å². The molecule has 0 unspecified atom stereocenters. The van der Waals surface area contributed by atoms with Gasteiger partial charge in [0.05, 0.1) is 0 Å². The Morgan fingerprint density at radius 2 is 1.33 bits per heavy atom. The molecule has 0 fully saturated rings. The van der Waals surface area contributed by atoms with Crippen molar-refractivity contribution in [2.45, 2.75) is 47.0 Å². The molecule has 0 N–H and O–H groups in total. The largest absolute Gasteiger partial charge is 0.356 e. The Balaban J connectivity index is 0.00000306. The van der Waals surface area contributed by atoms with Gasteiger partial charge in [-0.05, 0) is 66.2 Å². The molecule has 2 heterocycles. The van der Waals surface area contributed by atoms with Crippen molar-refractivity contribution in [1.82, 2.24) is 9.97 Å². The smallest absolute Gasteiger partial charge is 0.0490 e. The number of hydrogen-bond acceptors (Lipinski definition) is 3. The van der Waals surface area contributed by atoms with Gasteiger partial charge in [-0.2, -0.15) is 0 Å². The van der Waals surface area contributed by atoms with E-state index < -0.39 is 0 Å². The molecule has 0 saturated heterocycles. The fourth-order valence-electron chi connectivity index (χ4n) is 3.89. The molecule has 0 saturated carbocycles. The second-order valence-corrected chi connectivity index (χ2v) is 9.37. The maximum atomic E-state index is 4.68. The molecule has 33 heavy (non-hydrogen) atoms. The van der Waals surface area contributed by atoms with Crippen molar-refractivity contribution in [2.24, 2.45) is 0 Å². The number of para-hydroxylation sites is 2. The van der Waals surface area contributed by atoms with Gasteiger partial charge in [0.1, 0.15) is 0 Å². The number of hydrogen-bond donors (Lipinski definition) is 0. The second-order valence-electron chi connectivity index (χ2n) is 9.37. The van der Waals surface area contributed by atoms with Crippen molar-refractivity contribution in [2.75, 3.05) is 4.90 Å². The molecule has 0 aliphatic heterocycles. The number of rotatable bonds is 4. The van der Waals surface area contributed by atoms with E-state index in [1.165, 1.54) is 11.1 Å². The van der Waals surface area contributed by atoms with Gasteiger partial charge in [-0.25, -0.2) is 0 Å². The maximum Gasteiger partial charge on any atom is 0.0490 e. The van der Waals surface area contributed by atoms with Crippen LogP contribution in [0.3, 0.4) is 0 Å². The number of benzene rings is 2. The van der Waals surface area contributed by atoms with E-state index in [0.29, 0.717) is 0 Å². The Morgan fingerprint density at radius 1 is 0.758 bits per heavy atom. The van der Waals surface area contributed by atoms with Gasteiger partial charge in [-0.3, -0.25) is 0 Å². The van der Waals surface area contributed by atoms with Gasteiger partial charge in [0.2, 0.25) is 0 Å². The summed E-state index contributed by atoms with van der Waals surface area (Å²) in [7, 11) is 0. The van der Waals surface area contributed by atoms with Crippen LogP contribution in [-0.4, -0.2) is 9.97 Å². The number of aromatic nitrogens is 2. The molecule has 2 aromatic carbocycles. The predicted molar refractivity (Wildman–Crippen MR) is 134 cm³/mol. The van der Waals surface area contributed by atoms with Gasteiger partial charge < -0.3 is 14.9 Å². The minimum absolute atomic E-state index is 0. The van der Waals surface area contributed by atoms with Crippen LogP contribution in [0.25, 0.3) is 11.3 Å². The van der Waals surface area contributed by atoms with Crippen LogP contribution >= 0.6 is 0 Å². The van der Waals surface area contributed by atoms with E-state index >= 15 is 0 Å². The van der Waals surface area contributed by atoms with Crippen LogP contribution in [0.4, 0.5) is 17.1 Å². The van der Waals surface area contributed by atoms with Crippen molar-refractivity contribution in [3.63, 3.8) is 0 Å². The summed E-state index contributed by atoms with van der Waals surface area (Å²) in [5.74, 6) is 0. The summed E-state index contributed by atoms with van der Waals surface area (Å²) < 4.78 is 0. The Morgan fingerprint density at radius 3 is 1.85 bits per heavy atom. The number of anilines is 3. The van der Waals surface area contributed by atoms with Crippen LogP contribution in [-0.2, 0) is 25.5 Å². The Bertz CT molecular complexity index is 1210. The summed E-state index contributed by atoms with van der Waals surface area (Å²) in [5.41, 5.74) is 9.77. The first-order chi connectivity index (χ1) is 15.3. The molecule has 0 aliphatic rings. The van der Waals surface area contributed by atoms with E-state index in [4.69, 9.17) is 0 Å². The van der Waals surface area contributed by atoms with Crippen LogP contribution in [0.2, 0.25) is 0 Å². The summed E-state index contributed by atoms with van der Waals surface area (Å²) in [6, 6.07) is 23.3. The summed E-state index contributed by atoms with van der Waals surface area (Å²) >= 11 is 0. The minimum Gasteiger partial charge on any atom is -0.356 e. The fourth-order valence-corrected chi connectivity index (χ4v) is 3.89. The van der Waals surface area contributed by atoms with Crippen LogP contribution in [0, 0.1) is 27.0 Å². The zero-order chi connectivity index (χ0) is 22.9. The molecule has 2 aromatic heterocycles. The second kappa shape index (κ2) is 9.99. The summed E-state index contributed by atoms with van der Waals surface area (Å²) in [6.45, 7) is 12.9. The summed E-state index contributed by atoms with van der Waals surface area (Å²) in [4.78, 5) is 11.6. The maximum absolute atomic E-state index is 4.68. The third-order valence-corrected chi connectivity index (χ3v) is 5.77. The van der Waals surface area contributed by atoms with E-state index in [1.807, 2.05) is 6.20 Å². The number of nitrogens with zero attached hydrogens (tertiary/aromatic N) is 3. The molecule has 171 valence electrons. The van der Waals surface area contributed by atoms with Crippen LogP contribution in [0.5, 0.6) is 0 Å². The van der Waals surface area contributed by atoms with Crippen molar-refractivity contribution in [3.05, 3.63) is 102 Å². The van der Waals surface area contributed by atoms with Crippen LogP contribution in [0.1, 0.15) is 43.2 Å². The van der Waals surface area contributed by atoms with Gasteiger partial charge in [0.15, 0.2) is 0 Å². The molecular formula is C29H30IrN3-. The standard InChI is InChI=1S/C29H30N3.Ir/c1-20-11-7-9-13-26(20)32(27-14-10-8-12-21(27)2)23-15-16-30-25(18-23)24-19-31-28(17-22(24)3)29(4,5)6;/h7-18H,1-6H3;/q-1;. The van der Waals surface area contributed by atoms with Crippen molar-refractivity contribution >= 4 is 17.1 Å². The van der Waals surface area contributed by atoms with E-state index in [-0.39, 0.29) is 25.5 Å². The average Bonchev–Trinajstić information content (AvgIpc) is 2.76. The Kier molecular flexibility index (Phi) is 7.51. The van der Waals surface area contributed by atoms with E-state index in [0.717, 1.165) is 39.6 Å². The third kappa shape index (κ3) is 5.24. The first kappa shape index (κ1) is 24.8. The molecular weight excluding hydrogens is 583 g/mol. The van der Waals surface area contributed by atoms with Crippen LogP contribution in [0.15, 0.2) is 72.9 Å². The SMILES string of the molecule is Cc1cc(C(C)(C)C)n[c-]c1-c1cc(N(c2ccccc2C)c2ccccc2C)ccn1.[Ir]. The molecule has 4 rings (SSSR count). The summed E-state index contributed by atoms with van der Waals surface area (Å²) in [6.07, 6.45) is 5.14. The predicted octanol–water partition coefficient (Wildman–Crippen LogP) is 7.63. The Labute approximate surface area is 211 Å². The first-order valence-corrected chi connectivity index (χ1v) is 11.0. The van der Waals surface area contributed by atoms with Crippen LogP contribution < -0.4 is 4.90 Å². The molecule has 0 spiro atoms. The Hall–Kier alpha value is -2.81. The zero-order valence-corrected chi connectivity index (χ0v) is 22.5. The first-order valence-electron chi connectivity index (χ1n) is 11.0. The van der Waals surface area contributed by atoms with E-state index in [1.54, 1.807) is 0 Å². The molecule has 0 aliphatic carbocycles. The van der Waals surface area contributed by atoms with Gasteiger partial charge in [-0.1, -0.05) is 70.2 Å². The number of aryl methyl sites for hydroxylation is 3. The van der Waals surface area contributed by atoms with Gasteiger partial charge >= 0.3 is 0 Å². The molecule has 3 nitrogen and oxygen atoms in total. The average molecular weight is 613 g/mol. The quantitative estimate of drug-likeness (QED) is 0.222. The molecule has 0 amide bonds. The third-order valence-electron chi connectivity index (χ3n) is 5.77. The molecule has 4 aromatic rings. The fraction of sp³-hybridized carbons (Fsp3) is 0.241. The van der Waals surface area contributed by atoms with E-state index in [9.17, 15) is 0 Å². The van der Waals surface area contributed by atoms with Gasteiger partial charge in [0, 0.05) is 43.4 Å². The normalized spacial score (nSPS) is 11.1. The van der Waals surface area contributed by atoms with E-state index in [2.05, 4.69) is 129 Å². The molecule has 0 bridgehead atoms. The molecule has 0 atom stereocenters. The minimum atomic E-state index is -0.0124. The zero-order valence-electron chi connectivity index (χ0n) is 20.1. The number of pyridine rings is 2. The van der Waals surface area contributed by atoms with Crippen molar-refractivity contribution < 1.29 is 20.1 Å². The van der Waals surface area contributed by atoms with Crippen molar-refractivity contribution in [3.8, 4) is 11.3 Å². The molecule has 4 heteroatoms. The summed E-state index contributed by atoms with van der Waals surface area (Å²) in [5, 5.41) is 0. The van der Waals surface area contributed by atoms with Gasteiger partial charge in [-0.15, -0.1) is 17.2 Å². The molecule has 1 radical (unpaired) electrons. The monoisotopic (exact) mass is 613 g/mol. The van der Waals surface area contributed by atoms with Crippen molar-refractivity contribution in [1.29, 1.82) is 0 Å².